The molecule has 0 aliphatic rings. The second-order valence-corrected chi connectivity index (χ2v) is 7.65. The Morgan fingerprint density at radius 1 is 1.12 bits per heavy atom. The van der Waals surface area contributed by atoms with Crippen molar-refractivity contribution in [1.29, 1.82) is 0 Å². The number of ether oxygens (including phenoxy) is 1. The van der Waals surface area contributed by atoms with E-state index in [4.69, 9.17) is 4.74 Å². The Morgan fingerprint density at radius 3 is 2.44 bits per heavy atom. The minimum absolute atomic E-state index is 0.0179. The van der Waals surface area contributed by atoms with Crippen molar-refractivity contribution < 1.29 is 22.3 Å². The molecule has 134 valence electrons. The van der Waals surface area contributed by atoms with Gasteiger partial charge >= 0.3 is 0 Å². The number of nitrogens with zero attached hydrogens (tertiary/aromatic N) is 1. The van der Waals surface area contributed by atoms with Crippen LogP contribution in [0.5, 0.6) is 5.75 Å². The number of likely N-dealkylation sites (N-methyl/N-ethyl adjacent to an activating group) is 1. The summed E-state index contributed by atoms with van der Waals surface area (Å²) in [7, 11) is -1.96. The fourth-order valence-corrected chi connectivity index (χ4v) is 3.32. The average Bonchev–Trinajstić information content (AvgIpc) is 2.62. The fourth-order valence-electron chi connectivity index (χ4n) is 2.23. The van der Waals surface area contributed by atoms with E-state index in [1.54, 1.807) is 31.3 Å². The van der Waals surface area contributed by atoms with E-state index in [-0.39, 0.29) is 35.1 Å². The zero-order chi connectivity index (χ0) is 18.4. The third kappa shape index (κ3) is 4.57. The van der Waals surface area contributed by atoms with Crippen molar-refractivity contribution in [2.24, 2.45) is 0 Å². The highest BCUT2D eigenvalue weighted by Gasteiger charge is 2.22. The smallest absolute Gasteiger partial charge is 0.255 e. The molecule has 0 radical (unpaired) electrons. The Labute approximate surface area is 147 Å². The van der Waals surface area contributed by atoms with Gasteiger partial charge in [-0.3, -0.25) is 4.79 Å². The van der Waals surface area contributed by atoms with Crippen LogP contribution in [0.4, 0.5) is 4.39 Å². The summed E-state index contributed by atoms with van der Waals surface area (Å²) < 4.78 is 43.1. The van der Waals surface area contributed by atoms with Crippen molar-refractivity contribution in [2.45, 2.75) is 11.8 Å². The molecule has 0 saturated carbocycles. The third-order valence-electron chi connectivity index (χ3n) is 3.70. The van der Waals surface area contributed by atoms with E-state index in [1.807, 2.05) is 0 Å². The number of carbonyl (C=O) groups excluding carboxylic acids is 1. The molecular formula is C18H20FNO4S. The summed E-state index contributed by atoms with van der Waals surface area (Å²) in [5, 5.41) is 0. The summed E-state index contributed by atoms with van der Waals surface area (Å²) >= 11 is 0. The van der Waals surface area contributed by atoms with Crippen LogP contribution in [0.1, 0.15) is 17.3 Å². The molecular weight excluding hydrogens is 345 g/mol. The first-order valence-electron chi connectivity index (χ1n) is 7.81. The van der Waals surface area contributed by atoms with Gasteiger partial charge in [0.25, 0.3) is 5.91 Å². The highest BCUT2D eigenvalue weighted by atomic mass is 32.2. The summed E-state index contributed by atoms with van der Waals surface area (Å²) in [5.74, 6) is -0.879. The Morgan fingerprint density at radius 2 is 1.76 bits per heavy atom. The Kier molecular flexibility index (Phi) is 6.14. The van der Waals surface area contributed by atoms with Gasteiger partial charge in [0.1, 0.15) is 6.61 Å². The summed E-state index contributed by atoms with van der Waals surface area (Å²) in [6.45, 7) is 1.81. The summed E-state index contributed by atoms with van der Waals surface area (Å²) in [6, 6.07) is 12.1. The molecule has 0 spiro atoms. The van der Waals surface area contributed by atoms with Gasteiger partial charge in [-0.25, -0.2) is 12.8 Å². The average molecular weight is 365 g/mol. The molecule has 0 bridgehead atoms. The highest BCUT2D eigenvalue weighted by molar-refractivity contribution is 7.91. The lowest BCUT2D eigenvalue weighted by atomic mass is 10.2. The minimum Gasteiger partial charge on any atom is -0.489 e. The van der Waals surface area contributed by atoms with Crippen molar-refractivity contribution in [3.05, 3.63) is 59.9 Å². The van der Waals surface area contributed by atoms with Crippen molar-refractivity contribution in [1.82, 2.24) is 4.90 Å². The maximum Gasteiger partial charge on any atom is 0.255 e. The van der Waals surface area contributed by atoms with Gasteiger partial charge in [-0.2, -0.15) is 0 Å². The lowest BCUT2D eigenvalue weighted by molar-refractivity contribution is 0.0769. The van der Waals surface area contributed by atoms with Crippen LogP contribution in [0.25, 0.3) is 0 Å². The molecule has 0 saturated heterocycles. The van der Waals surface area contributed by atoms with Crippen LogP contribution >= 0.6 is 0 Å². The third-order valence-corrected chi connectivity index (χ3v) is 5.49. The van der Waals surface area contributed by atoms with Crippen LogP contribution in [0.3, 0.4) is 0 Å². The van der Waals surface area contributed by atoms with Crippen LogP contribution in [-0.4, -0.2) is 45.2 Å². The SMILES string of the molecule is CCS(=O)(=O)c1ccccc1C(=O)N(C)CCOc1ccccc1F. The quantitative estimate of drug-likeness (QED) is 0.757. The van der Waals surface area contributed by atoms with Crippen LogP contribution in [0.2, 0.25) is 0 Å². The van der Waals surface area contributed by atoms with E-state index in [0.29, 0.717) is 0 Å². The van der Waals surface area contributed by atoms with Gasteiger partial charge < -0.3 is 9.64 Å². The second kappa shape index (κ2) is 8.11. The predicted octanol–water partition coefficient (Wildman–Crippen LogP) is 2.77. The molecule has 0 atom stereocenters. The van der Waals surface area contributed by atoms with Gasteiger partial charge in [-0.15, -0.1) is 0 Å². The summed E-state index contributed by atoms with van der Waals surface area (Å²) in [6.07, 6.45) is 0. The van der Waals surface area contributed by atoms with E-state index >= 15 is 0 Å². The zero-order valence-electron chi connectivity index (χ0n) is 14.1. The molecule has 0 unspecified atom stereocenters. The highest BCUT2D eigenvalue weighted by Crippen LogP contribution is 2.19. The number of halogens is 1. The number of benzene rings is 2. The maximum absolute atomic E-state index is 13.5. The molecule has 0 aromatic heterocycles. The number of hydrogen-bond acceptors (Lipinski definition) is 4. The summed E-state index contributed by atoms with van der Waals surface area (Å²) in [5.41, 5.74) is 0.123. The Balaban J connectivity index is 2.07. The maximum atomic E-state index is 13.5. The molecule has 0 aliphatic heterocycles. The van der Waals surface area contributed by atoms with Gasteiger partial charge in [-0.1, -0.05) is 31.2 Å². The van der Waals surface area contributed by atoms with Crippen LogP contribution < -0.4 is 4.74 Å². The Hall–Kier alpha value is -2.41. The normalized spacial score (nSPS) is 11.2. The van der Waals surface area contributed by atoms with Gasteiger partial charge in [0.05, 0.1) is 22.8 Å². The molecule has 1 amide bonds. The second-order valence-electron chi connectivity index (χ2n) is 5.41. The number of amides is 1. The first-order chi connectivity index (χ1) is 11.9. The largest absolute Gasteiger partial charge is 0.489 e. The number of carbonyl (C=O) groups is 1. The molecule has 0 aliphatic carbocycles. The van der Waals surface area contributed by atoms with E-state index in [9.17, 15) is 17.6 Å². The van der Waals surface area contributed by atoms with E-state index in [2.05, 4.69) is 0 Å². The molecule has 25 heavy (non-hydrogen) atoms. The molecule has 2 aromatic carbocycles. The number of rotatable bonds is 7. The number of sulfone groups is 1. The molecule has 2 rings (SSSR count). The molecule has 0 fully saturated rings. The van der Waals surface area contributed by atoms with Crippen molar-refractivity contribution in [3.8, 4) is 5.75 Å². The first kappa shape index (κ1) is 18.9. The minimum atomic E-state index is -3.50. The van der Waals surface area contributed by atoms with Gasteiger partial charge in [0.2, 0.25) is 0 Å². The van der Waals surface area contributed by atoms with Gasteiger partial charge in [0, 0.05) is 7.05 Å². The molecule has 7 heteroatoms. The molecule has 5 nitrogen and oxygen atoms in total. The molecule has 0 N–H and O–H groups in total. The summed E-state index contributed by atoms with van der Waals surface area (Å²) in [4.78, 5) is 13.9. The lowest BCUT2D eigenvalue weighted by Gasteiger charge is -2.19. The molecule has 0 heterocycles. The lowest BCUT2D eigenvalue weighted by Crippen LogP contribution is -2.32. The fraction of sp³-hybridized carbons (Fsp3) is 0.278. The van der Waals surface area contributed by atoms with E-state index in [1.165, 1.54) is 36.1 Å². The van der Waals surface area contributed by atoms with E-state index < -0.39 is 21.6 Å². The van der Waals surface area contributed by atoms with Crippen molar-refractivity contribution in [2.75, 3.05) is 26.0 Å². The zero-order valence-corrected chi connectivity index (χ0v) is 14.9. The first-order valence-corrected chi connectivity index (χ1v) is 9.46. The topological polar surface area (TPSA) is 63.7 Å². The standard InChI is InChI=1S/C18H20FNO4S/c1-3-25(22,23)17-11-7-4-8-14(17)18(21)20(2)12-13-24-16-10-6-5-9-15(16)19/h4-11H,3,12-13H2,1-2H3. The van der Waals surface area contributed by atoms with Gasteiger partial charge in [-0.05, 0) is 24.3 Å². The monoisotopic (exact) mass is 365 g/mol. The van der Waals surface area contributed by atoms with Crippen LogP contribution in [0.15, 0.2) is 53.4 Å². The van der Waals surface area contributed by atoms with E-state index in [0.717, 1.165) is 0 Å². The number of para-hydroxylation sites is 1. The van der Waals surface area contributed by atoms with Crippen LogP contribution in [0, 0.1) is 5.82 Å². The number of hydrogen-bond donors (Lipinski definition) is 0. The van der Waals surface area contributed by atoms with Crippen LogP contribution in [-0.2, 0) is 9.84 Å². The molecule has 2 aromatic rings. The van der Waals surface area contributed by atoms with Crippen molar-refractivity contribution >= 4 is 15.7 Å². The Bertz CT molecular complexity index is 852. The van der Waals surface area contributed by atoms with Gasteiger partial charge in [0.15, 0.2) is 21.4 Å². The predicted molar refractivity (Wildman–Crippen MR) is 93.0 cm³/mol. The van der Waals surface area contributed by atoms with Crippen molar-refractivity contribution in [3.63, 3.8) is 0 Å².